The smallest absolute Gasteiger partial charge is 0.0634 e. The second-order valence-electron chi connectivity index (χ2n) is 5.02. The predicted molar refractivity (Wildman–Crippen MR) is 97.2 cm³/mol. The highest BCUT2D eigenvalue weighted by molar-refractivity contribution is 9.11. The molecule has 0 amide bonds. The van der Waals surface area contributed by atoms with E-state index in [0.717, 1.165) is 19.1 Å². The minimum absolute atomic E-state index is 0.268. The van der Waals surface area contributed by atoms with E-state index in [-0.39, 0.29) is 6.04 Å². The molecule has 2 aromatic rings. The molecule has 0 aromatic heterocycles. The molecule has 0 bridgehead atoms. The summed E-state index contributed by atoms with van der Waals surface area (Å²) in [6, 6.07) is 14.9. The quantitative estimate of drug-likeness (QED) is 0.529. The van der Waals surface area contributed by atoms with Gasteiger partial charge in [-0.25, -0.2) is 0 Å². The lowest BCUT2D eigenvalue weighted by Crippen LogP contribution is -2.17. The number of nitrogens with one attached hydrogen (secondary N) is 1. The highest BCUT2D eigenvalue weighted by Crippen LogP contribution is 2.38. The normalized spacial score (nSPS) is 12.5. The van der Waals surface area contributed by atoms with Crippen LogP contribution in [0.2, 0.25) is 0 Å². The fourth-order valence-corrected chi connectivity index (χ4v) is 4.62. The van der Waals surface area contributed by atoms with E-state index in [4.69, 9.17) is 0 Å². The lowest BCUT2D eigenvalue weighted by Gasteiger charge is -2.25. The van der Waals surface area contributed by atoms with E-state index in [1.807, 2.05) is 6.07 Å². The van der Waals surface area contributed by atoms with E-state index in [0.29, 0.717) is 5.92 Å². The second kappa shape index (κ2) is 7.10. The van der Waals surface area contributed by atoms with Crippen LogP contribution in [-0.4, -0.2) is 0 Å². The van der Waals surface area contributed by atoms with Gasteiger partial charge in [0.2, 0.25) is 0 Å². The Morgan fingerprint density at radius 3 is 1.95 bits per heavy atom. The third-order valence-electron chi connectivity index (χ3n) is 3.13. The van der Waals surface area contributed by atoms with E-state index in [1.54, 1.807) is 0 Å². The summed E-state index contributed by atoms with van der Waals surface area (Å²) < 4.78 is 3.13. The number of halogens is 3. The molecule has 0 radical (unpaired) electrons. The van der Waals surface area contributed by atoms with Gasteiger partial charge in [0.25, 0.3) is 0 Å². The zero-order valence-electron chi connectivity index (χ0n) is 11.3. The maximum absolute atomic E-state index is 3.64. The molecule has 1 atom stereocenters. The molecule has 0 aliphatic carbocycles. The topological polar surface area (TPSA) is 12.0 Å². The maximum Gasteiger partial charge on any atom is 0.0634 e. The van der Waals surface area contributed by atoms with Gasteiger partial charge in [0.15, 0.2) is 0 Å². The largest absolute Gasteiger partial charge is 0.376 e. The molecule has 0 heterocycles. The van der Waals surface area contributed by atoms with Crippen LogP contribution in [0.1, 0.15) is 25.5 Å². The third-order valence-corrected chi connectivity index (χ3v) is 4.84. The molecule has 2 aromatic carbocycles. The highest BCUT2D eigenvalue weighted by Gasteiger charge is 2.18. The molecule has 20 heavy (non-hydrogen) atoms. The van der Waals surface area contributed by atoms with Crippen LogP contribution in [0.4, 0.5) is 5.69 Å². The molecular formula is C16H16Br3N. The summed E-state index contributed by atoms with van der Waals surface area (Å²) >= 11 is 10.8. The molecule has 0 spiro atoms. The summed E-state index contributed by atoms with van der Waals surface area (Å²) in [6.45, 7) is 4.46. The highest BCUT2D eigenvalue weighted by atomic mass is 79.9. The van der Waals surface area contributed by atoms with Gasteiger partial charge in [-0.3, -0.25) is 0 Å². The van der Waals surface area contributed by atoms with Gasteiger partial charge in [0.1, 0.15) is 0 Å². The number of benzene rings is 2. The zero-order chi connectivity index (χ0) is 14.7. The van der Waals surface area contributed by atoms with Crippen LogP contribution in [0.15, 0.2) is 55.9 Å². The van der Waals surface area contributed by atoms with E-state index < -0.39 is 0 Å². The van der Waals surface area contributed by atoms with Crippen LogP contribution in [0.25, 0.3) is 0 Å². The first-order valence-electron chi connectivity index (χ1n) is 6.45. The molecule has 1 unspecified atom stereocenters. The zero-order valence-corrected chi connectivity index (χ0v) is 16.1. The van der Waals surface area contributed by atoms with Gasteiger partial charge in [-0.1, -0.05) is 60.1 Å². The van der Waals surface area contributed by atoms with E-state index in [2.05, 4.69) is 103 Å². The Bertz CT molecular complexity index is 559. The summed E-state index contributed by atoms with van der Waals surface area (Å²) in [5.74, 6) is 0.486. The van der Waals surface area contributed by atoms with Crippen LogP contribution in [-0.2, 0) is 0 Å². The Balaban J connectivity index is 2.35. The van der Waals surface area contributed by atoms with Gasteiger partial charge in [0.05, 0.1) is 11.7 Å². The van der Waals surface area contributed by atoms with Crippen molar-refractivity contribution >= 4 is 53.5 Å². The first-order valence-corrected chi connectivity index (χ1v) is 8.83. The third kappa shape index (κ3) is 3.86. The summed E-state index contributed by atoms with van der Waals surface area (Å²) in [4.78, 5) is 0. The average molecular weight is 462 g/mol. The van der Waals surface area contributed by atoms with Crippen LogP contribution in [0.5, 0.6) is 0 Å². The SMILES string of the molecule is CC(C)C(Nc1c(Br)cc(Br)cc1Br)c1ccccc1. The van der Waals surface area contributed by atoms with Gasteiger partial charge in [-0.15, -0.1) is 0 Å². The Hall–Kier alpha value is -0.320. The van der Waals surface area contributed by atoms with E-state index in [1.165, 1.54) is 5.56 Å². The molecule has 0 saturated heterocycles. The standard InChI is InChI=1S/C16H16Br3N/c1-10(2)15(11-6-4-3-5-7-11)20-16-13(18)8-12(17)9-14(16)19/h3-10,15,20H,1-2H3. The van der Waals surface area contributed by atoms with Crippen molar-refractivity contribution in [2.75, 3.05) is 5.32 Å². The van der Waals surface area contributed by atoms with Gasteiger partial charge < -0.3 is 5.32 Å². The summed E-state index contributed by atoms with van der Waals surface area (Å²) in [7, 11) is 0. The molecule has 4 heteroatoms. The molecule has 1 nitrogen and oxygen atoms in total. The van der Waals surface area contributed by atoms with Crippen molar-refractivity contribution in [1.29, 1.82) is 0 Å². The van der Waals surface area contributed by atoms with Crippen LogP contribution in [0, 0.1) is 5.92 Å². The van der Waals surface area contributed by atoms with E-state index in [9.17, 15) is 0 Å². The molecular weight excluding hydrogens is 446 g/mol. The lowest BCUT2D eigenvalue weighted by atomic mass is 9.96. The molecule has 0 aliphatic heterocycles. The number of anilines is 1. The first-order chi connectivity index (χ1) is 9.49. The van der Waals surface area contributed by atoms with Gasteiger partial charge in [-0.2, -0.15) is 0 Å². The Morgan fingerprint density at radius 2 is 1.45 bits per heavy atom. The Kier molecular flexibility index (Phi) is 5.70. The first kappa shape index (κ1) is 16.1. The molecule has 106 valence electrons. The Labute approximate surface area is 145 Å². The van der Waals surface area contributed by atoms with E-state index >= 15 is 0 Å². The summed E-state index contributed by atoms with van der Waals surface area (Å²) in [6.07, 6.45) is 0. The van der Waals surface area contributed by atoms with Crippen molar-refractivity contribution in [3.05, 3.63) is 61.4 Å². The molecule has 2 rings (SSSR count). The molecule has 1 N–H and O–H groups in total. The summed E-state index contributed by atoms with van der Waals surface area (Å²) in [5, 5.41) is 3.64. The van der Waals surface area contributed by atoms with Gasteiger partial charge in [-0.05, 0) is 55.5 Å². The summed E-state index contributed by atoms with van der Waals surface area (Å²) in [5.41, 5.74) is 2.37. The predicted octanol–water partition coefficient (Wildman–Crippen LogP) is 6.78. The lowest BCUT2D eigenvalue weighted by molar-refractivity contribution is 0.546. The van der Waals surface area contributed by atoms with Crippen LogP contribution < -0.4 is 5.32 Å². The fourth-order valence-electron chi connectivity index (χ4n) is 2.13. The van der Waals surface area contributed by atoms with Crippen molar-refractivity contribution in [1.82, 2.24) is 0 Å². The van der Waals surface area contributed by atoms with Crippen molar-refractivity contribution in [2.24, 2.45) is 5.92 Å². The van der Waals surface area contributed by atoms with Gasteiger partial charge >= 0.3 is 0 Å². The van der Waals surface area contributed by atoms with Crippen LogP contribution in [0.3, 0.4) is 0 Å². The van der Waals surface area contributed by atoms with Gasteiger partial charge in [0, 0.05) is 13.4 Å². The number of hydrogen-bond acceptors (Lipinski definition) is 1. The molecule has 0 fully saturated rings. The monoisotopic (exact) mass is 459 g/mol. The number of rotatable bonds is 4. The Morgan fingerprint density at radius 1 is 0.900 bits per heavy atom. The minimum Gasteiger partial charge on any atom is -0.376 e. The van der Waals surface area contributed by atoms with Crippen molar-refractivity contribution in [2.45, 2.75) is 19.9 Å². The average Bonchev–Trinajstić information content (AvgIpc) is 2.38. The minimum atomic E-state index is 0.268. The van der Waals surface area contributed by atoms with Crippen molar-refractivity contribution in [3.8, 4) is 0 Å². The van der Waals surface area contributed by atoms with Crippen molar-refractivity contribution < 1.29 is 0 Å². The molecule has 0 aliphatic rings. The molecule has 0 saturated carbocycles. The number of hydrogen-bond donors (Lipinski definition) is 1. The fraction of sp³-hybridized carbons (Fsp3) is 0.250. The van der Waals surface area contributed by atoms with Crippen LogP contribution >= 0.6 is 47.8 Å². The maximum atomic E-state index is 3.64. The second-order valence-corrected chi connectivity index (χ2v) is 7.65. The van der Waals surface area contributed by atoms with Crippen molar-refractivity contribution in [3.63, 3.8) is 0 Å².